The number of hydrogen-bond donors (Lipinski definition) is 1. The standard InChI is InChI=1S/C33H33ClFN3O5S/c1-3-36-33(40)30(20-24-10-6-4-7-11-24)37(22-25-14-17-27(35)18-15-25)32(39)23-38(29-21-26(34)16-19-31(29)43-2)44(41,42)28-12-8-5-9-13-28/h4-19,21,30H,3,20,22-23H2,1-2H3,(H,36,40)/t30-/m0/s1. The largest absolute Gasteiger partial charge is 0.495 e. The fourth-order valence-corrected chi connectivity index (χ4v) is 6.33. The van der Waals surface area contributed by atoms with Crippen LogP contribution < -0.4 is 14.4 Å². The summed E-state index contributed by atoms with van der Waals surface area (Å²) in [6.45, 7) is 1.32. The van der Waals surface area contributed by atoms with Crippen molar-refractivity contribution in [1.29, 1.82) is 0 Å². The lowest BCUT2D eigenvalue weighted by Crippen LogP contribution is -2.53. The van der Waals surface area contributed by atoms with Gasteiger partial charge in [-0.2, -0.15) is 0 Å². The van der Waals surface area contributed by atoms with Crippen LogP contribution in [0.4, 0.5) is 10.1 Å². The number of ether oxygens (including phenoxy) is 1. The lowest BCUT2D eigenvalue weighted by atomic mass is 10.0. The summed E-state index contributed by atoms with van der Waals surface area (Å²) in [5.41, 5.74) is 1.40. The number of halogens is 2. The molecule has 0 heterocycles. The van der Waals surface area contributed by atoms with Crippen LogP contribution in [0.25, 0.3) is 0 Å². The molecule has 4 aromatic rings. The molecule has 11 heteroatoms. The Labute approximate surface area is 262 Å². The average molecular weight is 638 g/mol. The number of benzene rings is 4. The fraction of sp³-hybridized carbons (Fsp3) is 0.212. The van der Waals surface area contributed by atoms with Crippen molar-refractivity contribution >= 4 is 39.1 Å². The van der Waals surface area contributed by atoms with Crippen LogP contribution in [0.2, 0.25) is 5.02 Å². The minimum Gasteiger partial charge on any atom is -0.495 e. The fourth-order valence-electron chi connectivity index (χ4n) is 4.72. The van der Waals surface area contributed by atoms with Gasteiger partial charge in [-0.05, 0) is 60.5 Å². The van der Waals surface area contributed by atoms with Gasteiger partial charge in [0.1, 0.15) is 24.2 Å². The summed E-state index contributed by atoms with van der Waals surface area (Å²) in [7, 11) is -2.95. The zero-order valence-corrected chi connectivity index (χ0v) is 25.9. The van der Waals surface area contributed by atoms with E-state index in [0.29, 0.717) is 12.1 Å². The Morgan fingerprint density at radius 2 is 1.55 bits per heavy atom. The normalized spacial score (nSPS) is 11.8. The Kier molecular flexibility index (Phi) is 11.0. The van der Waals surface area contributed by atoms with Crippen molar-refractivity contribution in [3.05, 3.63) is 125 Å². The van der Waals surface area contributed by atoms with E-state index in [0.717, 1.165) is 9.87 Å². The molecule has 4 aromatic carbocycles. The number of nitrogens with zero attached hydrogens (tertiary/aromatic N) is 2. The average Bonchev–Trinajstić information content (AvgIpc) is 3.03. The van der Waals surface area contributed by atoms with Crippen LogP contribution in [0.1, 0.15) is 18.1 Å². The van der Waals surface area contributed by atoms with Gasteiger partial charge in [0, 0.05) is 24.5 Å². The van der Waals surface area contributed by atoms with Crippen LogP contribution in [-0.4, -0.2) is 51.4 Å². The van der Waals surface area contributed by atoms with Crippen LogP contribution in [0.3, 0.4) is 0 Å². The van der Waals surface area contributed by atoms with Gasteiger partial charge in [0.15, 0.2) is 0 Å². The topological polar surface area (TPSA) is 96.0 Å². The third-order valence-corrected chi connectivity index (χ3v) is 8.92. The third-order valence-electron chi connectivity index (χ3n) is 6.91. The molecule has 0 aromatic heterocycles. The minimum atomic E-state index is -4.33. The van der Waals surface area contributed by atoms with Gasteiger partial charge >= 0.3 is 0 Å². The monoisotopic (exact) mass is 637 g/mol. The number of nitrogens with one attached hydrogen (secondary N) is 1. The number of methoxy groups -OCH3 is 1. The van der Waals surface area contributed by atoms with Gasteiger partial charge in [-0.15, -0.1) is 0 Å². The first-order valence-corrected chi connectivity index (χ1v) is 15.7. The smallest absolute Gasteiger partial charge is 0.264 e. The van der Waals surface area contributed by atoms with Crippen molar-refractivity contribution in [2.45, 2.75) is 30.8 Å². The number of amides is 2. The van der Waals surface area contributed by atoms with Crippen molar-refractivity contribution in [3.63, 3.8) is 0 Å². The molecule has 0 radical (unpaired) electrons. The minimum absolute atomic E-state index is 0.0514. The van der Waals surface area contributed by atoms with E-state index in [2.05, 4.69) is 5.32 Å². The third kappa shape index (κ3) is 7.94. The molecule has 0 aliphatic rings. The highest BCUT2D eigenvalue weighted by atomic mass is 35.5. The van der Waals surface area contributed by atoms with E-state index in [4.69, 9.17) is 16.3 Å². The molecule has 230 valence electrons. The van der Waals surface area contributed by atoms with Crippen LogP contribution in [-0.2, 0) is 32.6 Å². The summed E-state index contributed by atoms with van der Waals surface area (Å²) >= 11 is 6.29. The Morgan fingerprint density at radius 1 is 0.909 bits per heavy atom. The summed E-state index contributed by atoms with van der Waals surface area (Å²) in [5.74, 6) is -1.35. The first kappa shape index (κ1) is 32.5. The molecule has 1 atom stereocenters. The van der Waals surface area contributed by atoms with Gasteiger partial charge in [0.2, 0.25) is 11.8 Å². The lowest BCUT2D eigenvalue weighted by Gasteiger charge is -2.34. The van der Waals surface area contributed by atoms with E-state index >= 15 is 0 Å². The summed E-state index contributed by atoms with van der Waals surface area (Å²) < 4.78 is 48.4. The van der Waals surface area contributed by atoms with E-state index in [9.17, 15) is 22.4 Å². The van der Waals surface area contributed by atoms with Gasteiger partial charge < -0.3 is 15.0 Å². The van der Waals surface area contributed by atoms with E-state index in [1.165, 1.54) is 60.5 Å². The first-order valence-electron chi connectivity index (χ1n) is 13.9. The highest BCUT2D eigenvalue weighted by molar-refractivity contribution is 7.92. The van der Waals surface area contributed by atoms with Gasteiger partial charge in [0.05, 0.1) is 17.7 Å². The zero-order chi connectivity index (χ0) is 31.7. The molecule has 0 unspecified atom stereocenters. The van der Waals surface area contributed by atoms with Crippen molar-refractivity contribution in [2.75, 3.05) is 24.5 Å². The Balaban J connectivity index is 1.83. The van der Waals surface area contributed by atoms with Gasteiger partial charge in [-0.1, -0.05) is 72.3 Å². The SMILES string of the molecule is CCNC(=O)[C@H](Cc1ccccc1)N(Cc1ccc(F)cc1)C(=O)CN(c1cc(Cl)ccc1OC)S(=O)(=O)c1ccccc1. The maximum Gasteiger partial charge on any atom is 0.264 e. The molecule has 0 spiro atoms. The molecule has 0 aliphatic carbocycles. The first-order chi connectivity index (χ1) is 21.1. The number of carbonyl (C=O) groups excluding carboxylic acids is 2. The predicted molar refractivity (Wildman–Crippen MR) is 169 cm³/mol. The molecule has 0 saturated carbocycles. The van der Waals surface area contributed by atoms with E-state index < -0.39 is 40.2 Å². The van der Waals surface area contributed by atoms with Crippen molar-refractivity contribution < 1.29 is 27.1 Å². The summed E-state index contributed by atoms with van der Waals surface area (Å²) in [6, 6.07) is 25.9. The van der Waals surface area contributed by atoms with Crippen molar-refractivity contribution in [3.8, 4) is 5.75 Å². The molecule has 0 fully saturated rings. The van der Waals surface area contributed by atoms with E-state index in [-0.39, 0.29) is 34.3 Å². The predicted octanol–water partition coefficient (Wildman–Crippen LogP) is 5.46. The molecule has 0 aliphatic heterocycles. The number of anilines is 1. The molecular formula is C33H33ClFN3O5S. The Bertz CT molecular complexity index is 1670. The number of sulfonamides is 1. The summed E-state index contributed by atoms with van der Waals surface area (Å²) in [4.78, 5) is 29.2. The number of rotatable bonds is 13. The maximum absolute atomic E-state index is 14.4. The zero-order valence-electron chi connectivity index (χ0n) is 24.3. The van der Waals surface area contributed by atoms with Crippen LogP contribution in [0.5, 0.6) is 5.75 Å². The van der Waals surface area contributed by atoms with Gasteiger partial charge in [-0.3, -0.25) is 13.9 Å². The summed E-state index contributed by atoms with van der Waals surface area (Å²) in [6.07, 6.45) is 0.158. The van der Waals surface area contributed by atoms with E-state index in [1.54, 1.807) is 31.2 Å². The van der Waals surface area contributed by atoms with E-state index in [1.807, 2.05) is 30.3 Å². The molecule has 0 bridgehead atoms. The molecule has 0 saturated heterocycles. The molecule has 4 rings (SSSR count). The Morgan fingerprint density at radius 3 is 2.16 bits per heavy atom. The Hall–Kier alpha value is -4.41. The second kappa shape index (κ2) is 14.9. The summed E-state index contributed by atoms with van der Waals surface area (Å²) in [5, 5.41) is 3.03. The second-order valence-corrected chi connectivity index (χ2v) is 12.2. The van der Waals surface area contributed by atoms with Crippen molar-refractivity contribution in [2.24, 2.45) is 0 Å². The molecule has 8 nitrogen and oxygen atoms in total. The highest BCUT2D eigenvalue weighted by Gasteiger charge is 2.35. The molecule has 44 heavy (non-hydrogen) atoms. The highest BCUT2D eigenvalue weighted by Crippen LogP contribution is 2.35. The number of carbonyl (C=O) groups is 2. The van der Waals surface area contributed by atoms with Gasteiger partial charge in [0.25, 0.3) is 10.0 Å². The van der Waals surface area contributed by atoms with Crippen LogP contribution in [0.15, 0.2) is 108 Å². The maximum atomic E-state index is 14.4. The quantitative estimate of drug-likeness (QED) is 0.210. The molecular weight excluding hydrogens is 605 g/mol. The lowest BCUT2D eigenvalue weighted by molar-refractivity contribution is -0.140. The van der Waals surface area contributed by atoms with Crippen LogP contribution in [0, 0.1) is 5.82 Å². The number of likely N-dealkylation sites (N-methyl/N-ethyl adjacent to an activating group) is 1. The second-order valence-electron chi connectivity index (χ2n) is 9.89. The van der Waals surface area contributed by atoms with Crippen LogP contribution >= 0.6 is 11.6 Å². The molecule has 1 N–H and O–H groups in total. The van der Waals surface area contributed by atoms with Gasteiger partial charge in [-0.25, -0.2) is 12.8 Å². The van der Waals surface area contributed by atoms with Crippen molar-refractivity contribution in [1.82, 2.24) is 10.2 Å². The molecule has 2 amide bonds. The number of hydrogen-bond acceptors (Lipinski definition) is 5.